The quantitative estimate of drug-likeness (QED) is 0.676. The highest BCUT2D eigenvalue weighted by atomic mass is 16.2. The zero-order chi connectivity index (χ0) is 10.6. The van der Waals surface area contributed by atoms with E-state index in [1.165, 1.54) is 6.42 Å². The zero-order valence-corrected chi connectivity index (χ0v) is 9.42. The van der Waals surface area contributed by atoms with E-state index in [1.54, 1.807) is 4.90 Å². The SMILES string of the molecule is CNC1CCCN(C(=O)N(C)C)CC1. The second-order valence-electron chi connectivity index (χ2n) is 4.08. The maximum atomic E-state index is 11.7. The van der Waals surface area contributed by atoms with Gasteiger partial charge in [-0.15, -0.1) is 0 Å². The summed E-state index contributed by atoms with van der Waals surface area (Å²) >= 11 is 0. The van der Waals surface area contributed by atoms with Gasteiger partial charge in [-0.25, -0.2) is 4.79 Å². The average molecular weight is 199 g/mol. The first-order chi connectivity index (χ1) is 6.65. The van der Waals surface area contributed by atoms with Gasteiger partial charge in [0.25, 0.3) is 0 Å². The maximum absolute atomic E-state index is 11.7. The van der Waals surface area contributed by atoms with Gasteiger partial charge in [-0.2, -0.15) is 0 Å². The van der Waals surface area contributed by atoms with Gasteiger partial charge in [-0.05, 0) is 26.3 Å². The van der Waals surface area contributed by atoms with Crippen LogP contribution in [-0.2, 0) is 0 Å². The lowest BCUT2D eigenvalue weighted by Gasteiger charge is -2.24. The fraction of sp³-hybridized carbons (Fsp3) is 0.900. The van der Waals surface area contributed by atoms with Crippen molar-refractivity contribution in [1.29, 1.82) is 0 Å². The Morgan fingerprint density at radius 2 is 2.07 bits per heavy atom. The van der Waals surface area contributed by atoms with E-state index in [2.05, 4.69) is 5.32 Å². The van der Waals surface area contributed by atoms with E-state index in [1.807, 2.05) is 26.0 Å². The van der Waals surface area contributed by atoms with Crippen LogP contribution in [0.2, 0.25) is 0 Å². The molecular formula is C10H21N3O. The molecule has 0 spiro atoms. The zero-order valence-electron chi connectivity index (χ0n) is 9.42. The molecule has 0 aliphatic carbocycles. The number of hydrogen-bond donors (Lipinski definition) is 1. The summed E-state index contributed by atoms with van der Waals surface area (Å²) in [5, 5.41) is 3.28. The predicted octanol–water partition coefficient (Wildman–Crippen LogP) is 0.742. The number of rotatable bonds is 1. The molecule has 14 heavy (non-hydrogen) atoms. The van der Waals surface area contributed by atoms with Crippen LogP contribution in [0.5, 0.6) is 0 Å². The highest BCUT2D eigenvalue weighted by Crippen LogP contribution is 2.11. The Morgan fingerprint density at radius 3 is 2.64 bits per heavy atom. The molecule has 1 aliphatic heterocycles. The van der Waals surface area contributed by atoms with Crippen molar-refractivity contribution in [1.82, 2.24) is 15.1 Å². The second kappa shape index (κ2) is 5.20. The monoisotopic (exact) mass is 199 g/mol. The summed E-state index contributed by atoms with van der Waals surface area (Å²) < 4.78 is 0. The number of carbonyl (C=O) groups is 1. The molecule has 1 atom stereocenters. The summed E-state index contributed by atoms with van der Waals surface area (Å²) in [4.78, 5) is 15.3. The van der Waals surface area contributed by atoms with Crippen LogP contribution in [0.15, 0.2) is 0 Å². The van der Waals surface area contributed by atoms with Crippen LogP contribution in [0.25, 0.3) is 0 Å². The first kappa shape index (κ1) is 11.3. The third-order valence-corrected chi connectivity index (χ3v) is 2.79. The number of likely N-dealkylation sites (tertiary alicyclic amines) is 1. The van der Waals surface area contributed by atoms with Crippen molar-refractivity contribution >= 4 is 6.03 Å². The molecule has 1 saturated heterocycles. The van der Waals surface area contributed by atoms with Crippen molar-refractivity contribution in [2.45, 2.75) is 25.3 Å². The number of nitrogens with one attached hydrogen (secondary N) is 1. The van der Waals surface area contributed by atoms with Crippen LogP contribution in [0.4, 0.5) is 4.79 Å². The standard InChI is InChI=1S/C10H21N3O/c1-11-9-5-4-7-13(8-6-9)10(14)12(2)3/h9,11H,4-8H2,1-3H3. The smallest absolute Gasteiger partial charge is 0.319 e. The minimum Gasteiger partial charge on any atom is -0.331 e. The number of amides is 2. The molecule has 1 rings (SSSR count). The molecule has 0 aromatic carbocycles. The molecule has 1 N–H and O–H groups in total. The van der Waals surface area contributed by atoms with E-state index in [-0.39, 0.29) is 6.03 Å². The molecule has 0 saturated carbocycles. The first-order valence-corrected chi connectivity index (χ1v) is 5.28. The molecule has 1 heterocycles. The highest BCUT2D eigenvalue weighted by Gasteiger charge is 2.20. The molecule has 4 heteroatoms. The lowest BCUT2D eigenvalue weighted by Crippen LogP contribution is -2.40. The van der Waals surface area contributed by atoms with Gasteiger partial charge in [0.2, 0.25) is 0 Å². The second-order valence-corrected chi connectivity index (χ2v) is 4.08. The molecule has 82 valence electrons. The van der Waals surface area contributed by atoms with Crippen molar-refractivity contribution < 1.29 is 4.79 Å². The number of nitrogens with zero attached hydrogens (tertiary/aromatic N) is 2. The Bertz CT molecular complexity index is 194. The van der Waals surface area contributed by atoms with Crippen LogP contribution < -0.4 is 5.32 Å². The van der Waals surface area contributed by atoms with Gasteiger partial charge in [-0.3, -0.25) is 0 Å². The highest BCUT2D eigenvalue weighted by molar-refractivity contribution is 5.73. The molecule has 1 fully saturated rings. The normalized spacial score (nSPS) is 23.1. The van der Waals surface area contributed by atoms with Crippen molar-refractivity contribution in [2.75, 3.05) is 34.2 Å². The van der Waals surface area contributed by atoms with E-state index in [0.29, 0.717) is 6.04 Å². The van der Waals surface area contributed by atoms with Crippen molar-refractivity contribution in [3.8, 4) is 0 Å². The lowest BCUT2D eigenvalue weighted by molar-refractivity contribution is 0.172. The van der Waals surface area contributed by atoms with Crippen LogP contribution in [0, 0.1) is 0 Å². The fourth-order valence-electron chi connectivity index (χ4n) is 1.86. The first-order valence-electron chi connectivity index (χ1n) is 5.28. The topological polar surface area (TPSA) is 35.6 Å². The molecule has 1 aliphatic rings. The molecule has 0 aromatic heterocycles. The van der Waals surface area contributed by atoms with E-state index < -0.39 is 0 Å². The van der Waals surface area contributed by atoms with E-state index in [9.17, 15) is 4.79 Å². The summed E-state index contributed by atoms with van der Waals surface area (Å²) in [5.41, 5.74) is 0. The number of hydrogen-bond acceptors (Lipinski definition) is 2. The molecule has 2 amide bonds. The fourth-order valence-corrected chi connectivity index (χ4v) is 1.86. The Morgan fingerprint density at radius 1 is 1.36 bits per heavy atom. The van der Waals surface area contributed by atoms with Crippen LogP contribution >= 0.6 is 0 Å². The molecule has 4 nitrogen and oxygen atoms in total. The molecular weight excluding hydrogens is 178 g/mol. The van der Waals surface area contributed by atoms with Gasteiger partial charge >= 0.3 is 6.03 Å². The summed E-state index contributed by atoms with van der Waals surface area (Å²) in [6.07, 6.45) is 3.34. The molecule has 0 radical (unpaired) electrons. The molecule has 0 bridgehead atoms. The van der Waals surface area contributed by atoms with Gasteiger partial charge < -0.3 is 15.1 Å². The summed E-state index contributed by atoms with van der Waals surface area (Å²) in [6, 6.07) is 0.719. The average Bonchev–Trinajstić information content (AvgIpc) is 2.41. The van der Waals surface area contributed by atoms with E-state index in [0.717, 1.165) is 25.9 Å². The summed E-state index contributed by atoms with van der Waals surface area (Å²) in [6.45, 7) is 1.78. The number of urea groups is 1. The Kier molecular flexibility index (Phi) is 4.20. The third kappa shape index (κ3) is 2.87. The summed E-state index contributed by atoms with van der Waals surface area (Å²) in [5.74, 6) is 0. The lowest BCUT2D eigenvalue weighted by atomic mass is 10.1. The largest absolute Gasteiger partial charge is 0.331 e. The Labute approximate surface area is 86.2 Å². The minimum absolute atomic E-state index is 0.141. The van der Waals surface area contributed by atoms with Crippen LogP contribution in [0.3, 0.4) is 0 Å². The van der Waals surface area contributed by atoms with E-state index >= 15 is 0 Å². The van der Waals surface area contributed by atoms with Gasteiger partial charge in [0.05, 0.1) is 0 Å². The predicted molar refractivity (Wildman–Crippen MR) is 57.4 cm³/mol. The van der Waals surface area contributed by atoms with Crippen LogP contribution in [0.1, 0.15) is 19.3 Å². The van der Waals surface area contributed by atoms with Crippen molar-refractivity contribution in [3.63, 3.8) is 0 Å². The molecule has 1 unspecified atom stereocenters. The summed E-state index contributed by atoms with van der Waals surface area (Å²) in [7, 11) is 5.61. The Balaban J connectivity index is 2.45. The van der Waals surface area contributed by atoms with Gasteiger partial charge in [0.15, 0.2) is 0 Å². The molecule has 0 aromatic rings. The Hall–Kier alpha value is -0.770. The van der Waals surface area contributed by atoms with E-state index in [4.69, 9.17) is 0 Å². The van der Waals surface area contributed by atoms with Crippen molar-refractivity contribution in [3.05, 3.63) is 0 Å². The number of carbonyl (C=O) groups excluding carboxylic acids is 1. The van der Waals surface area contributed by atoms with Gasteiger partial charge in [-0.1, -0.05) is 0 Å². The van der Waals surface area contributed by atoms with Gasteiger partial charge in [0.1, 0.15) is 0 Å². The van der Waals surface area contributed by atoms with Crippen molar-refractivity contribution in [2.24, 2.45) is 0 Å². The van der Waals surface area contributed by atoms with Crippen LogP contribution in [-0.4, -0.2) is 56.1 Å². The van der Waals surface area contributed by atoms with Gasteiger partial charge in [0, 0.05) is 33.2 Å². The maximum Gasteiger partial charge on any atom is 0.319 e. The minimum atomic E-state index is 0.141. The third-order valence-electron chi connectivity index (χ3n) is 2.79.